The highest BCUT2D eigenvalue weighted by atomic mass is 16.5. The van der Waals surface area contributed by atoms with E-state index in [1.807, 2.05) is 30.3 Å². The summed E-state index contributed by atoms with van der Waals surface area (Å²) in [5.41, 5.74) is 10.6. The summed E-state index contributed by atoms with van der Waals surface area (Å²) in [6.45, 7) is 7.88. The molecule has 2 heterocycles. The van der Waals surface area contributed by atoms with Gasteiger partial charge in [-0.25, -0.2) is 0 Å². The first-order valence-corrected chi connectivity index (χ1v) is 15.1. The molecule has 0 aromatic heterocycles. The maximum atomic E-state index is 11.4. The number of para-hydroxylation sites is 1. The van der Waals surface area contributed by atoms with Gasteiger partial charge in [-0.05, 0) is 91.0 Å². The van der Waals surface area contributed by atoms with Crippen LogP contribution in [-0.2, 0) is 0 Å². The number of ether oxygens (including phenoxy) is 1. The first-order valence-electron chi connectivity index (χ1n) is 15.1. The van der Waals surface area contributed by atoms with Crippen molar-refractivity contribution in [3.63, 3.8) is 0 Å². The summed E-state index contributed by atoms with van der Waals surface area (Å²) in [6, 6.07) is 28.3. The van der Waals surface area contributed by atoms with E-state index in [2.05, 4.69) is 72.2 Å². The van der Waals surface area contributed by atoms with Gasteiger partial charge in [0.1, 0.15) is 11.9 Å². The van der Waals surface area contributed by atoms with Crippen LogP contribution in [0.1, 0.15) is 85.8 Å². The second kappa shape index (κ2) is 11.3. The van der Waals surface area contributed by atoms with Crippen molar-refractivity contribution in [2.45, 2.75) is 76.5 Å². The number of amides is 1. The predicted octanol–water partition coefficient (Wildman–Crippen LogP) is 6.94. The molecule has 0 bridgehead atoms. The molecule has 3 aromatic rings. The number of carbonyl (C=O) groups excluding carboxylic acids is 1. The number of carbonyl (C=O) groups is 1. The monoisotopic (exact) mass is 537 g/mol. The average molecular weight is 538 g/mol. The van der Waals surface area contributed by atoms with Gasteiger partial charge in [0.2, 0.25) is 5.91 Å². The predicted molar refractivity (Wildman–Crippen MR) is 162 cm³/mol. The lowest BCUT2D eigenvalue weighted by molar-refractivity contribution is -0.0637. The van der Waals surface area contributed by atoms with Crippen molar-refractivity contribution in [2.75, 3.05) is 24.5 Å². The third-order valence-electron chi connectivity index (χ3n) is 9.77. The first kappa shape index (κ1) is 26.9. The molecule has 2 aliphatic heterocycles. The molecule has 1 aliphatic carbocycles. The van der Waals surface area contributed by atoms with Crippen LogP contribution in [-0.4, -0.2) is 42.6 Å². The SMILES string of the molecule is CC(C)c1ccccc1C1CC(Oc2ccccc2)CCN1C1CC2(CCN(c3ccc(C(N)=O)cc3)CC2)C1. The molecule has 3 aromatic carbocycles. The molecule has 210 valence electrons. The number of likely N-dealkylation sites (tertiary alicyclic amines) is 1. The van der Waals surface area contributed by atoms with Crippen LogP contribution < -0.4 is 15.4 Å². The van der Waals surface area contributed by atoms with Crippen LogP contribution in [0.5, 0.6) is 5.75 Å². The zero-order chi connectivity index (χ0) is 27.7. The Labute approximate surface area is 239 Å². The smallest absolute Gasteiger partial charge is 0.248 e. The summed E-state index contributed by atoms with van der Waals surface area (Å²) in [5.74, 6) is 1.12. The minimum Gasteiger partial charge on any atom is -0.490 e. The van der Waals surface area contributed by atoms with Gasteiger partial charge >= 0.3 is 0 Å². The fraction of sp³-hybridized carbons (Fsp3) is 0.457. The van der Waals surface area contributed by atoms with E-state index in [0.717, 1.165) is 38.2 Å². The average Bonchev–Trinajstić information content (AvgIpc) is 2.97. The fourth-order valence-electron chi connectivity index (χ4n) is 7.49. The summed E-state index contributed by atoms with van der Waals surface area (Å²) in [4.78, 5) is 16.8. The van der Waals surface area contributed by atoms with Gasteiger partial charge in [-0.15, -0.1) is 0 Å². The van der Waals surface area contributed by atoms with E-state index in [-0.39, 0.29) is 12.0 Å². The Bertz CT molecular complexity index is 1290. The summed E-state index contributed by atoms with van der Waals surface area (Å²) in [7, 11) is 0. The molecule has 1 saturated carbocycles. The Morgan fingerprint density at radius 3 is 2.25 bits per heavy atom. The van der Waals surface area contributed by atoms with E-state index in [1.54, 1.807) is 0 Å². The Balaban J connectivity index is 1.14. The molecule has 6 rings (SSSR count). The molecule has 1 spiro atoms. The molecule has 1 amide bonds. The van der Waals surface area contributed by atoms with Crippen molar-refractivity contribution in [1.82, 2.24) is 4.90 Å². The van der Waals surface area contributed by atoms with Crippen molar-refractivity contribution in [2.24, 2.45) is 11.1 Å². The minimum atomic E-state index is -0.366. The molecule has 5 nitrogen and oxygen atoms in total. The fourth-order valence-corrected chi connectivity index (χ4v) is 7.49. The number of benzene rings is 3. The van der Waals surface area contributed by atoms with Crippen LogP contribution >= 0.6 is 0 Å². The van der Waals surface area contributed by atoms with Crippen LogP contribution in [0.3, 0.4) is 0 Å². The van der Waals surface area contributed by atoms with Crippen LogP contribution in [0.4, 0.5) is 5.69 Å². The molecule has 0 radical (unpaired) electrons. The normalized spacial score (nSPS) is 23.2. The highest BCUT2D eigenvalue weighted by molar-refractivity contribution is 5.93. The van der Waals surface area contributed by atoms with Gasteiger partial charge in [0.05, 0.1) is 0 Å². The maximum absolute atomic E-state index is 11.4. The topological polar surface area (TPSA) is 58.8 Å². The van der Waals surface area contributed by atoms with Gasteiger partial charge in [0, 0.05) is 49.4 Å². The maximum Gasteiger partial charge on any atom is 0.248 e. The number of piperidine rings is 2. The minimum absolute atomic E-state index is 0.238. The third kappa shape index (κ3) is 5.49. The molecule has 2 saturated heterocycles. The van der Waals surface area contributed by atoms with Crippen molar-refractivity contribution in [3.8, 4) is 5.75 Å². The number of primary amides is 1. The number of hydrogen-bond acceptors (Lipinski definition) is 4. The summed E-state index contributed by atoms with van der Waals surface area (Å²) in [5, 5.41) is 0. The lowest BCUT2D eigenvalue weighted by Crippen LogP contribution is -2.57. The zero-order valence-corrected chi connectivity index (χ0v) is 24.0. The van der Waals surface area contributed by atoms with E-state index in [0.29, 0.717) is 29.0 Å². The van der Waals surface area contributed by atoms with Crippen LogP contribution in [0.2, 0.25) is 0 Å². The number of anilines is 1. The molecule has 3 aliphatic rings. The van der Waals surface area contributed by atoms with E-state index in [4.69, 9.17) is 10.5 Å². The van der Waals surface area contributed by atoms with Gasteiger partial charge in [-0.1, -0.05) is 56.3 Å². The van der Waals surface area contributed by atoms with E-state index >= 15 is 0 Å². The number of hydrogen-bond donors (Lipinski definition) is 1. The second-order valence-corrected chi connectivity index (χ2v) is 12.6. The van der Waals surface area contributed by atoms with E-state index < -0.39 is 0 Å². The highest BCUT2D eigenvalue weighted by Crippen LogP contribution is 2.54. The molecular formula is C35H43N3O2. The van der Waals surface area contributed by atoms with Crippen molar-refractivity contribution >= 4 is 11.6 Å². The molecule has 40 heavy (non-hydrogen) atoms. The van der Waals surface area contributed by atoms with Gasteiger partial charge in [0.15, 0.2) is 0 Å². The number of nitrogens with two attached hydrogens (primary N) is 1. The Morgan fingerprint density at radius 2 is 1.57 bits per heavy atom. The zero-order valence-electron chi connectivity index (χ0n) is 24.0. The van der Waals surface area contributed by atoms with E-state index in [1.165, 1.54) is 42.5 Å². The van der Waals surface area contributed by atoms with Gasteiger partial charge in [-0.2, -0.15) is 0 Å². The Morgan fingerprint density at radius 1 is 0.900 bits per heavy atom. The second-order valence-electron chi connectivity index (χ2n) is 12.6. The van der Waals surface area contributed by atoms with Crippen molar-refractivity contribution < 1.29 is 9.53 Å². The summed E-state index contributed by atoms with van der Waals surface area (Å²) < 4.78 is 6.51. The molecule has 2 N–H and O–H groups in total. The molecule has 3 fully saturated rings. The Kier molecular flexibility index (Phi) is 7.59. The van der Waals surface area contributed by atoms with Crippen molar-refractivity contribution in [1.29, 1.82) is 0 Å². The first-order chi connectivity index (χ1) is 19.4. The quantitative estimate of drug-likeness (QED) is 0.355. The third-order valence-corrected chi connectivity index (χ3v) is 9.77. The van der Waals surface area contributed by atoms with E-state index in [9.17, 15) is 4.79 Å². The van der Waals surface area contributed by atoms with Gasteiger partial charge in [-0.3, -0.25) is 9.69 Å². The van der Waals surface area contributed by atoms with Crippen LogP contribution in [0.25, 0.3) is 0 Å². The molecule has 5 heteroatoms. The van der Waals surface area contributed by atoms with Gasteiger partial charge in [0.25, 0.3) is 0 Å². The van der Waals surface area contributed by atoms with Crippen molar-refractivity contribution in [3.05, 3.63) is 95.6 Å². The molecule has 2 unspecified atom stereocenters. The number of rotatable bonds is 7. The standard InChI is InChI=1S/C35H43N3O2/c1-25(2)31-10-6-7-11-32(31)33-22-30(40-29-8-4-3-5-9-29)16-19-38(33)28-23-35(24-28)17-20-37(21-18-35)27-14-12-26(13-15-27)34(36)39/h3-15,25,28,30,33H,16-24H2,1-2H3,(H2,36,39). The largest absolute Gasteiger partial charge is 0.490 e. The lowest BCUT2D eigenvalue weighted by atomic mass is 9.59. The summed E-state index contributed by atoms with van der Waals surface area (Å²) >= 11 is 0. The summed E-state index contributed by atoms with van der Waals surface area (Å²) in [6.07, 6.45) is 7.43. The molecular weight excluding hydrogens is 494 g/mol. The highest BCUT2D eigenvalue weighted by Gasteiger charge is 2.50. The lowest BCUT2D eigenvalue weighted by Gasteiger charge is -2.58. The van der Waals surface area contributed by atoms with Gasteiger partial charge < -0.3 is 15.4 Å². The molecule has 2 atom stereocenters. The number of nitrogens with zero attached hydrogens (tertiary/aromatic N) is 2. The Hall–Kier alpha value is -3.31. The van der Waals surface area contributed by atoms with Crippen LogP contribution in [0.15, 0.2) is 78.9 Å². The van der Waals surface area contributed by atoms with Crippen LogP contribution in [0, 0.1) is 5.41 Å².